The second kappa shape index (κ2) is 11.2. The lowest BCUT2D eigenvalue weighted by molar-refractivity contribution is -0.130. The predicted molar refractivity (Wildman–Crippen MR) is 160 cm³/mol. The van der Waals surface area contributed by atoms with Crippen LogP contribution < -0.4 is 9.64 Å². The zero-order valence-electron chi connectivity index (χ0n) is 23.2. The van der Waals surface area contributed by atoms with E-state index in [1.807, 2.05) is 48.5 Å². The van der Waals surface area contributed by atoms with Crippen LogP contribution in [0.15, 0.2) is 60.9 Å². The van der Waals surface area contributed by atoms with Gasteiger partial charge in [0.25, 0.3) is 5.91 Å². The molecule has 0 spiro atoms. The molecule has 0 bridgehead atoms. The SMILES string of the molecule is C=C(F)C(=O)N1CCC2C1CN2c1nc(OC)nc2nc(-c3cccc4cccc(Cl)c34)ccc12.CN1CCCC1. The lowest BCUT2D eigenvalue weighted by Crippen LogP contribution is -2.63. The fourth-order valence-electron chi connectivity index (χ4n) is 6.09. The molecule has 1 amide bonds. The molecule has 3 aliphatic heterocycles. The van der Waals surface area contributed by atoms with Crippen molar-refractivity contribution in [1.82, 2.24) is 24.8 Å². The molecule has 0 saturated carbocycles. The van der Waals surface area contributed by atoms with Crippen LogP contribution in [0, 0.1) is 0 Å². The molecule has 3 fully saturated rings. The second-order valence-corrected chi connectivity index (χ2v) is 11.1. The Morgan fingerprint density at radius 3 is 2.46 bits per heavy atom. The second-order valence-electron chi connectivity index (χ2n) is 10.7. The van der Waals surface area contributed by atoms with Crippen molar-refractivity contribution in [2.24, 2.45) is 0 Å². The lowest BCUT2D eigenvalue weighted by Gasteiger charge is -2.47. The number of anilines is 1. The molecule has 10 heteroatoms. The van der Waals surface area contributed by atoms with E-state index in [4.69, 9.17) is 21.3 Å². The fraction of sp³-hybridized carbons (Fsp3) is 0.355. The predicted octanol–water partition coefficient (Wildman–Crippen LogP) is 5.49. The maximum Gasteiger partial charge on any atom is 0.320 e. The highest BCUT2D eigenvalue weighted by molar-refractivity contribution is 6.36. The van der Waals surface area contributed by atoms with E-state index in [9.17, 15) is 9.18 Å². The topological polar surface area (TPSA) is 74.7 Å². The van der Waals surface area contributed by atoms with Gasteiger partial charge in [-0.1, -0.05) is 48.5 Å². The van der Waals surface area contributed by atoms with Crippen LogP contribution in [0.1, 0.15) is 19.3 Å². The maximum absolute atomic E-state index is 13.4. The summed E-state index contributed by atoms with van der Waals surface area (Å²) in [6.07, 6.45) is 3.55. The molecule has 7 rings (SSSR count). The Balaban J connectivity index is 0.000000449. The molecule has 2 unspecified atom stereocenters. The molecule has 3 saturated heterocycles. The smallest absolute Gasteiger partial charge is 0.320 e. The number of carbonyl (C=O) groups excluding carboxylic acids is 1. The van der Waals surface area contributed by atoms with Gasteiger partial charge in [-0.15, -0.1) is 0 Å². The van der Waals surface area contributed by atoms with Gasteiger partial charge in [0.2, 0.25) is 0 Å². The number of likely N-dealkylation sites (tertiary alicyclic amines) is 2. The highest BCUT2D eigenvalue weighted by atomic mass is 35.5. The number of hydrogen-bond donors (Lipinski definition) is 0. The number of hydrogen-bond acceptors (Lipinski definition) is 7. The van der Waals surface area contributed by atoms with Crippen molar-refractivity contribution in [1.29, 1.82) is 0 Å². The van der Waals surface area contributed by atoms with E-state index in [-0.39, 0.29) is 18.1 Å². The normalized spacial score (nSPS) is 20.0. The number of fused-ring (bicyclic) bond motifs is 3. The summed E-state index contributed by atoms with van der Waals surface area (Å²) in [5.74, 6) is -0.873. The van der Waals surface area contributed by atoms with E-state index < -0.39 is 11.7 Å². The van der Waals surface area contributed by atoms with Gasteiger partial charge < -0.3 is 19.4 Å². The monoisotopic (exact) mass is 574 g/mol. The van der Waals surface area contributed by atoms with Crippen LogP contribution in [-0.4, -0.2) is 83.1 Å². The van der Waals surface area contributed by atoms with E-state index >= 15 is 0 Å². The molecule has 2 aromatic carbocycles. The molecule has 3 aliphatic rings. The van der Waals surface area contributed by atoms with Crippen molar-refractivity contribution in [3.05, 3.63) is 66.0 Å². The molecule has 41 heavy (non-hydrogen) atoms. The number of pyridine rings is 1. The Morgan fingerprint density at radius 1 is 1.02 bits per heavy atom. The first-order valence-corrected chi connectivity index (χ1v) is 14.2. The van der Waals surface area contributed by atoms with Crippen LogP contribution in [0.2, 0.25) is 5.02 Å². The number of carbonyl (C=O) groups is 1. The van der Waals surface area contributed by atoms with Gasteiger partial charge in [0.1, 0.15) is 5.82 Å². The van der Waals surface area contributed by atoms with Crippen LogP contribution in [0.4, 0.5) is 10.2 Å². The molecule has 0 aliphatic carbocycles. The number of aromatic nitrogens is 3. The number of benzene rings is 2. The maximum atomic E-state index is 13.4. The van der Waals surface area contributed by atoms with Gasteiger partial charge in [-0.3, -0.25) is 4.79 Å². The van der Waals surface area contributed by atoms with E-state index in [1.54, 1.807) is 4.90 Å². The zero-order chi connectivity index (χ0) is 28.7. The average molecular weight is 575 g/mol. The first kappa shape index (κ1) is 27.4. The van der Waals surface area contributed by atoms with Crippen molar-refractivity contribution in [2.45, 2.75) is 31.3 Å². The molecular weight excluding hydrogens is 543 g/mol. The Kier molecular flexibility index (Phi) is 7.48. The quantitative estimate of drug-likeness (QED) is 0.298. The Labute approximate surface area is 243 Å². The molecule has 4 aromatic rings. The molecule has 2 aromatic heterocycles. The third kappa shape index (κ3) is 5.08. The average Bonchev–Trinajstić information content (AvgIpc) is 3.58. The van der Waals surface area contributed by atoms with Crippen LogP contribution in [0.25, 0.3) is 33.1 Å². The third-order valence-corrected chi connectivity index (χ3v) is 8.54. The van der Waals surface area contributed by atoms with E-state index in [0.717, 1.165) is 33.8 Å². The van der Waals surface area contributed by atoms with Crippen LogP contribution in [0.3, 0.4) is 0 Å². The molecular formula is C31H32ClFN6O2. The van der Waals surface area contributed by atoms with Gasteiger partial charge in [0, 0.05) is 29.1 Å². The van der Waals surface area contributed by atoms with Crippen molar-refractivity contribution in [3.8, 4) is 17.3 Å². The number of methoxy groups -OCH3 is 1. The number of ether oxygens (including phenoxy) is 1. The van der Waals surface area contributed by atoms with Crippen LogP contribution in [-0.2, 0) is 4.79 Å². The molecule has 212 valence electrons. The molecule has 0 N–H and O–H groups in total. The summed E-state index contributed by atoms with van der Waals surface area (Å²) in [5, 5.41) is 3.39. The molecule has 0 radical (unpaired) electrons. The van der Waals surface area contributed by atoms with Gasteiger partial charge in [-0.05, 0) is 63.0 Å². The minimum absolute atomic E-state index is 0.0395. The summed E-state index contributed by atoms with van der Waals surface area (Å²) < 4.78 is 18.8. The Hall–Kier alpha value is -3.82. The van der Waals surface area contributed by atoms with E-state index in [0.29, 0.717) is 29.6 Å². The number of halogens is 2. The van der Waals surface area contributed by atoms with Crippen molar-refractivity contribution < 1.29 is 13.9 Å². The first-order chi connectivity index (χ1) is 19.9. The van der Waals surface area contributed by atoms with Crippen molar-refractivity contribution in [3.63, 3.8) is 0 Å². The standard InChI is InChI=1S/C26H21ClFN5O2.C5H11N/c1-14(28)25(34)32-12-11-20-21(32)13-33(20)24-17-9-10-19(29-23(17)30-26(31-24)35-2)16-7-3-5-15-6-4-8-18(27)22(15)16;1-6-4-2-3-5-6/h3-10,20-21H,1,11-13H2,2H3;2-5H2,1H3. The first-order valence-electron chi connectivity index (χ1n) is 13.9. The van der Waals surface area contributed by atoms with E-state index in [1.165, 1.54) is 33.0 Å². The highest BCUT2D eigenvalue weighted by Gasteiger charge is 2.50. The van der Waals surface area contributed by atoms with Crippen LogP contribution in [0.5, 0.6) is 6.01 Å². The third-order valence-electron chi connectivity index (χ3n) is 8.22. The summed E-state index contributed by atoms with van der Waals surface area (Å²) >= 11 is 6.54. The minimum atomic E-state index is -0.927. The lowest BCUT2D eigenvalue weighted by atomic mass is 9.96. The van der Waals surface area contributed by atoms with E-state index in [2.05, 4.69) is 33.4 Å². The Morgan fingerprint density at radius 2 is 1.78 bits per heavy atom. The summed E-state index contributed by atoms with van der Waals surface area (Å²) in [4.78, 5) is 32.2. The zero-order valence-corrected chi connectivity index (χ0v) is 23.9. The van der Waals surface area contributed by atoms with Gasteiger partial charge >= 0.3 is 6.01 Å². The number of nitrogens with zero attached hydrogens (tertiary/aromatic N) is 6. The van der Waals surface area contributed by atoms with Gasteiger partial charge in [0.15, 0.2) is 11.5 Å². The number of rotatable bonds is 4. The van der Waals surface area contributed by atoms with Gasteiger partial charge in [-0.25, -0.2) is 9.37 Å². The minimum Gasteiger partial charge on any atom is -0.467 e. The largest absolute Gasteiger partial charge is 0.467 e. The van der Waals surface area contributed by atoms with Crippen molar-refractivity contribution in [2.75, 3.05) is 45.2 Å². The highest BCUT2D eigenvalue weighted by Crippen LogP contribution is 2.40. The molecule has 2 atom stereocenters. The molecule has 8 nitrogen and oxygen atoms in total. The summed E-state index contributed by atoms with van der Waals surface area (Å²) in [7, 11) is 3.69. The van der Waals surface area contributed by atoms with Crippen LogP contribution >= 0.6 is 11.6 Å². The fourth-order valence-corrected chi connectivity index (χ4v) is 6.37. The number of amides is 1. The Bertz CT molecular complexity index is 1640. The molecule has 5 heterocycles. The van der Waals surface area contributed by atoms with Gasteiger partial charge in [-0.2, -0.15) is 9.97 Å². The summed E-state index contributed by atoms with van der Waals surface area (Å²) in [6, 6.07) is 15.9. The summed E-state index contributed by atoms with van der Waals surface area (Å²) in [6.45, 7) is 6.82. The summed E-state index contributed by atoms with van der Waals surface area (Å²) in [5.41, 5.74) is 2.15. The van der Waals surface area contributed by atoms with Gasteiger partial charge in [0.05, 0.1) is 30.3 Å². The van der Waals surface area contributed by atoms with Crippen molar-refractivity contribution >= 4 is 45.1 Å².